The third kappa shape index (κ3) is 7.99. The lowest BCUT2D eigenvalue weighted by Crippen LogP contribution is -2.53. The number of halogens is 8. The average molecular weight is 608 g/mol. The maximum Gasteiger partial charge on any atom is 0.461 e. The first-order chi connectivity index (χ1) is 19.1. The molecule has 15 heteroatoms. The Morgan fingerprint density at radius 3 is 2.29 bits per heavy atom. The fourth-order valence-electron chi connectivity index (χ4n) is 3.80. The zero-order valence-corrected chi connectivity index (χ0v) is 21.4. The second kappa shape index (κ2) is 12.6. The largest absolute Gasteiger partial charge is 0.477 e. The van der Waals surface area contributed by atoms with Crippen molar-refractivity contribution in [2.24, 2.45) is 0 Å². The van der Waals surface area contributed by atoms with Crippen LogP contribution in [0.1, 0.15) is 23.2 Å². The van der Waals surface area contributed by atoms with Crippen LogP contribution in [0.3, 0.4) is 0 Å². The normalized spacial score (nSPS) is 13.4. The second-order valence-corrected chi connectivity index (χ2v) is 9.15. The number of nitrogens with zero attached hydrogens (tertiary/aromatic N) is 1. The molecule has 0 spiro atoms. The van der Waals surface area contributed by atoms with Gasteiger partial charge in [0, 0.05) is 31.6 Å². The fourth-order valence-corrected chi connectivity index (χ4v) is 3.91. The van der Waals surface area contributed by atoms with Crippen LogP contribution in [0.15, 0.2) is 66.9 Å². The van der Waals surface area contributed by atoms with E-state index in [1.165, 1.54) is 12.1 Å². The summed E-state index contributed by atoms with van der Waals surface area (Å²) < 4.78 is 98.9. The van der Waals surface area contributed by atoms with Gasteiger partial charge in [-0.15, -0.1) is 0 Å². The topological polar surface area (TPSA) is 101 Å². The predicted molar refractivity (Wildman–Crippen MR) is 132 cm³/mol. The van der Waals surface area contributed by atoms with Crippen LogP contribution in [0.5, 0.6) is 5.75 Å². The first kappa shape index (κ1) is 31.5. The number of pyridine rings is 1. The maximum atomic E-state index is 14.8. The number of benzene rings is 2. The van der Waals surface area contributed by atoms with Crippen LogP contribution in [0.2, 0.25) is 5.02 Å². The molecule has 3 N–H and O–H groups in total. The quantitative estimate of drug-likeness (QED) is 0.219. The summed E-state index contributed by atoms with van der Waals surface area (Å²) in [6, 6.07) is 11.6. The van der Waals surface area contributed by atoms with Crippen LogP contribution >= 0.6 is 11.6 Å². The zero-order chi connectivity index (χ0) is 30.4. The number of amides is 2. The van der Waals surface area contributed by atoms with Crippen molar-refractivity contribution in [2.75, 3.05) is 6.54 Å². The van der Waals surface area contributed by atoms with E-state index in [0.717, 1.165) is 18.3 Å². The molecule has 2 aromatic carbocycles. The molecule has 0 radical (unpaired) electrons. The summed E-state index contributed by atoms with van der Waals surface area (Å²) in [4.78, 5) is 27.9. The van der Waals surface area contributed by atoms with Crippen molar-refractivity contribution in [1.29, 1.82) is 0 Å². The number of nitrogens with one attached hydrogen (secondary N) is 2. The lowest BCUT2D eigenvalue weighted by molar-refractivity contribution is -0.253. The van der Waals surface area contributed by atoms with Gasteiger partial charge >= 0.3 is 30.5 Å². The monoisotopic (exact) mass is 607 g/mol. The molecule has 0 aliphatic heterocycles. The number of urea groups is 1. The van der Waals surface area contributed by atoms with Crippen LogP contribution in [0.25, 0.3) is 0 Å². The van der Waals surface area contributed by atoms with E-state index in [4.69, 9.17) is 16.7 Å². The Bertz CT molecular complexity index is 1360. The predicted octanol–water partition coefficient (Wildman–Crippen LogP) is 6.01. The summed E-state index contributed by atoms with van der Waals surface area (Å²) in [5.74, 6) is -8.79. The van der Waals surface area contributed by atoms with Gasteiger partial charge in [-0.2, -0.15) is 26.3 Å². The number of carbonyl (C=O) groups excluding carboxylic acids is 1. The van der Waals surface area contributed by atoms with E-state index in [0.29, 0.717) is 11.6 Å². The molecule has 1 unspecified atom stereocenters. The van der Waals surface area contributed by atoms with Gasteiger partial charge in [0.25, 0.3) is 0 Å². The Balaban J connectivity index is 2.14. The molecule has 1 heterocycles. The van der Waals surface area contributed by atoms with Crippen LogP contribution < -0.4 is 15.4 Å². The molecule has 7 nitrogen and oxygen atoms in total. The summed E-state index contributed by atoms with van der Waals surface area (Å²) in [6.45, 7) is -0.821. The Kier molecular flexibility index (Phi) is 9.69. The zero-order valence-electron chi connectivity index (χ0n) is 20.7. The number of rotatable bonds is 12. The minimum absolute atomic E-state index is 0.0473. The highest BCUT2D eigenvalue weighted by molar-refractivity contribution is 6.30. The lowest BCUT2D eigenvalue weighted by Gasteiger charge is -2.36. The number of alkyl halides is 6. The van der Waals surface area contributed by atoms with E-state index < -0.39 is 60.5 Å². The first-order valence-electron chi connectivity index (χ1n) is 11.6. The summed E-state index contributed by atoms with van der Waals surface area (Å²) in [5, 5.41) is 13.3. The molecule has 1 atom stereocenters. The molecule has 1 aromatic heterocycles. The van der Waals surface area contributed by atoms with Crippen molar-refractivity contribution < 1.29 is 50.2 Å². The molecule has 0 fully saturated rings. The molecule has 0 aliphatic carbocycles. The highest BCUT2D eigenvalue weighted by Gasteiger charge is 2.45. The average Bonchev–Trinajstić information content (AvgIpc) is 2.88. The number of aromatic nitrogens is 1. The summed E-state index contributed by atoms with van der Waals surface area (Å²) >= 11 is 5.95. The van der Waals surface area contributed by atoms with Crippen molar-refractivity contribution in [2.45, 2.75) is 36.8 Å². The van der Waals surface area contributed by atoms with Crippen LogP contribution in [-0.2, 0) is 16.8 Å². The summed E-state index contributed by atoms with van der Waals surface area (Å²) in [5.41, 5.74) is -1.84. The lowest BCUT2D eigenvalue weighted by atomic mass is 9.80. The molecule has 0 saturated heterocycles. The Hall–Kier alpha value is -4.07. The first-order valence-corrected chi connectivity index (χ1v) is 12.0. The summed E-state index contributed by atoms with van der Waals surface area (Å²) in [7, 11) is 0. The summed E-state index contributed by atoms with van der Waals surface area (Å²) in [6.07, 6.45) is -9.62. The van der Waals surface area contributed by atoms with Crippen LogP contribution in [-0.4, -0.2) is 47.1 Å². The van der Waals surface area contributed by atoms with Gasteiger partial charge < -0.3 is 20.5 Å². The van der Waals surface area contributed by atoms with Crippen molar-refractivity contribution >= 4 is 23.6 Å². The number of carbonyl (C=O) groups is 2. The molecule has 0 saturated carbocycles. The second-order valence-electron chi connectivity index (χ2n) is 8.71. The molecular formula is C26H21ClF7N3O4. The fraction of sp³-hybridized carbons (Fsp3) is 0.269. The van der Waals surface area contributed by atoms with E-state index in [1.54, 1.807) is 30.3 Å². The number of hydrogen-bond donors (Lipinski definition) is 3. The maximum absolute atomic E-state index is 14.8. The van der Waals surface area contributed by atoms with E-state index in [1.807, 2.05) is 0 Å². The van der Waals surface area contributed by atoms with Crippen LogP contribution in [0.4, 0.5) is 35.5 Å². The van der Waals surface area contributed by atoms with E-state index in [2.05, 4.69) is 20.4 Å². The number of carboxylic acids is 1. The number of ether oxygens (including phenoxy) is 1. The van der Waals surface area contributed by atoms with E-state index in [9.17, 15) is 40.3 Å². The third-order valence-electron chi connectivity index (χ3n) is 5.71. The SMILES string of the molecule is O=C(NCCC(F)(F)C(=O)O)NC(Cc1ccccc1)(c1cc(F)cc(OC(F)(F)C(F)F)c1)c1ccc(Cl)cn1. The molecule has 3 aromatic rings. The highest BCUT2D eigenvalue weighted by Crippen LogP contribution is 2.37. The molecule has 41 heavy (non-hydrogen) atoms. The smallest absolute Gasteiger partial charge is 0.461 e. The van der Waals surface area contributed by atoms with Gasteiger partial charge in [-0.05, 0) is 35.4 Å². The van der Waals surface area contributed by atoms with Crippen LogP contribution in [0, 0.1) is 5.82 Å². The van der Waals surface area contributed by atoms with Gasteiger partial charge in [-0.1, -0.05) is 41.9 Å². The Labute approximate surface area is 233 Å². The van der Waals surface area contributed by atoms with E-state index >= 15 is 0 Å². The minimum atomic E-state index is -4.99. The highest BCUT2D eigenvalue weighted by atomic mass is 35.5. The number of hydrogen-bond acceptors (Lipinski definition) is 4. The van der Waals surface area contributed by atoms with Crippen molar-refractivity contribution in [3.63, 3.8) is 0 Å². The molecule has 220 valence electrons. The number of carboxylic acid groups (broad SMARTS) is 1. The van der Waals surface area contributed by atoms with Gasteiger partial charge in [0.15, 0.2) is 0 Å². The molecular weight excluding hydrogens is 587 g/mol. The van der Waals surface area contributed by atoms with Gasteiger partial charge in [-0.3, -0.25) is 4.98 Å². The Morgan fingerprint density at radius 2 is 1.71 bits per heavy atom. The van der Waals surface area contributed by atoms with Crippen molar-refractivity contribution in [3.05, 3.63) is 94.5 Å². The van der Waals surface area contributed by atoms with Gasteiger partial charge in [-0.25, -0.2) is 14.0 Å². The van der Waals surface area contributed by atoms with E-state index in [-0.39, 0.29) is 22.7 Å². The van der Waals surface area contributed by atoms with Gasteiger partial charge in [0.05, 0.1) is 10.7 Å². The number of aliphatic carboxylic acids is 1. The standard InChI is InChI=1S/C26H21ClF7N3O4/c27-17-6-7-20(36-14-17)24(13-15-4-2-1-3-5-15,37-23(40)35-9-8-25(31,32)22(38)39)16-10-18(28)12-19(11-16)41-26(33,34)21(29)30/h1-7,10-12,14,21H,8-9,13H2,(H,38,39)(H2,35,37,40). The third-order valence-corrected chi connectivity index (χ3v) is 5.94. The molecule has 0 aliphatic rings. The minimum Gasteiger partial charge on any atom is -0.477 e. The van der Waals surface area contributed by atoms with Crippen molar-refractivity contribution in [1.82, 2.24) is 15.6 Å². The van der Waals surface area contributed by atoms with Gasteiger partial charge in [0.1, 0.15) is 17.1 Å². The molecule has 0 bridgehead atoms. The van der Waals surface area contributed by atoms with Gasteiger partial charge in [0.2, 0.25) is 0 Å². The molecule has 3 rings (SSSR count). The Morgan fingerprint density at radius 1 is 1.02 bits per heavy atom. The molecule has 2 amide bonds. The van der Waals surface area contributed by atoms with Crippen molar-refractivity contribution in [3.8, 4) is 5.75 Å².